The Kier molecular flexibility index (Phi) is 5.87. The van der Waals surface area contributed by atoms with Gasteiger partial charge in [0.15, 0.2) is 0 Å². The number of para-hydroxylation sites is 1. The summed E-state index contributed by atoms with van der Waals surface area (Å²) in [5, 5.41) is 3.47. The highest BCUT2D eigenvalue weighted by Crippen LogP contribution is 2.14. The number of carbonyl (C=O) groups excluding carboxylic acids is 1. The van der Waals surface area contributed by atoms with Crippen LogP contribution in [0.2, 0.25) is 0 Å². The summed E-state index contributed by atoms with van der Waals surface area (Å²) in [6.45, 7) is 4.60. The fourth-order valence-electron chi connectivity index (χ4n) is 2.52. The molecule has 1 N–H and O–H groups in total. The molecule has 1 amide bonds. The molecule has 0 radical (unpaired) electrons. The number of aromatic nitrogens is 2. The molecular weight excluding hydrogens is 294 g/mol. The zero-order chi connectivity index (χ0) is 16.8. The minimum absolute atomic E-state index is 0.0410. The van der Waals surface area contributed by atoms with Crippen LogP contribution in [-0.4, -0.2) is 29.2 Å². The highest BCUT2D eigenvalue weighted by atomic mass is 16.5. The second kappa shape index (κ2) is 7.87. The Hall–Kier alpha value is -2.21. The first-order valence-corrected chi connectivity index (χ1v) is 7.86. The molecule has 0 spiro atoms. The van der Waals surface area contributed by atoms with E-state index in [4.69, 9.17) is 4.74 Å². The second-order valence-electron chi connectivity index (χ2n) is 5.48. The molecule has 0 aliphatic carbocycles. The minimum Gasteiger partial charge on any atom is -0.383 e. The summed E-state index contributed by atoms with van der Waals surface area (Å²) in [5.74, 6) is 0.510. The summed E-state index contributed by atoms with van der Waals surface area (Å²) in [7, 11) is 1.59. The monoisotopic (exact) mass is 317 g/mol. The predicted octanol–water partition coefficient (Wildman–Crippen LogP) is 2.02. The van der Waals surface area contributed by atoms with E-state index < -0.39 is 0 Å². The molecule has 2 aromatic rings. The number of ether oxygens (including phenoxy) is 1. The summed E-state index contributed by atoms with van der Waals surface area (Å²) in [5.41, 5.74) is 0.525. The maximum atomic E-state index is 12.7. The van der Waals surface area contributed by atoms with Crippen LogP contribution in [0.3, 0.4) is 0 Å². The Bertz CT molecular complexity index is 739. The molecule has 1 atom stereocenters. The van der Waals surface area contributed by atoms with Gasteiger partial charge in [0, 0.05) is 13.5 Å². The zero-order valence-electron chi connectivity index (χ0n) is 13.8. The third-order valence-corrected chi connectivity index (χ3v) is 3.65. The van der Waals surface area contributed by atoms with Crippen LogP contribution in [0.4, 0.5) is 0 Å². The van der Waals surface area contributed by atoms with Gasteiger partial charge in [-0.25, -0.2) is 4.98 Å². The number of rotatable bonds is 7. The van der Waals surface area contributed by atoms with Crippen LogP contribution in [0.5, 0.6) is 0 Å². The van der Waals surface area contributed by atoms with Crippen LogP contribution in [0.25, 0.3) is 10.9 Å². The van der Waals surface area contributed by atoms with E-state index in [1.807, 2.05) is 32.0 Å². The Morgan fingerprint density at radius 2 is 2.13 bits per heavy atom. The van der Waals surface area contributed by atoms with Gasteiger partial charge in [-0.2, -0.15) is 0 Å². The molecule has 0 unspecified atom stereocenters. The van der Waals surface area contributed by atoms with Crippen molar-refractivity contribution in [1.82, 2.24) is 14.9 Å². The highest BCUT2D eigenvalue weighted by molar-refractivity contribution is 5.78. The Morgan fingerprint density at radius 3 is 2.83 bits per heavy atom. The smallest absolute Gasteiger partial charge is 0.261 e. The summed E-state index contributed by atoms with van der Waals surface area (Å²) < 4.78 is 6.68. The van der Waals surface area contributed by atoms with Gasteiger partial charge in [-0.3, -0.25) is 14.2 Å². The van der Waals surface area contributed by atoms with E-state index in [0.29, 0.717) is 36.3 Å². The van der Waals surface area contributed by atoms with Crippen LogP contribution in [0, 0.1) is 0 Å². The molecule has 0 saturated heterocycles. The Balaban J connectivity index is 2.46. The van der Waals surface area contributed by atoms with E-state index in [2.05, 4.69) is 10.3 Å². The van der Waals surface area contributed by atoms with E-state index >= 15 is 0 Å². The van der Waals surface area contributed by atoms with Crippen molar-refractivity contribution in [3.05, 3.63) is 40.4 Å². The van der Waals surface area contributed by atoms with E-state index in [0.717, 1.165) is 6.42 Å². The maximum Gasteiger partial charge on any atom is 0.261 e. The van der Waals surface area contributed by atoms with Gasteiger partial charge in [0.25, 0.3) is 5.56 Å². The SMILES string of the molecule is CCCC(=O)N[C@H](C)c1nc2ccccc2c(=O)n1CCOC. The molecule has 23 heavy (non-hydrogen) atoms. The molecule has 2 rings (SSSR count). The van der Waals surface area contributed by atoms with Gasteiger partial charge in [0.05, 0.1) is 30.1 Å². The van der Waals surface area contributed by atoms with Crippen LogP contribution >= 0.6 is 0 Å². The fraction of sp³-hybridized carbons (Fsp3) is 0.471. The van der Waals surface area contributed by atoms with Crippen LogP contribution in [0.15, 0.2) is 29.1 Å². The fourth-order valence-corrected chi connectivity index (χ4v) is 2.52. The number of nitrogens with one attached hydrogen (secondary N) is 1. The van der Waals surface area contributed by atoms with Gasteiger partial charge >= 0.3 is 0 Å². The molecule has 1 aromatic carbocycles. The van der Waals surface area contributed by atoms with E-state index in [1.54, 1.807) is 17.7 Å². The van der Waals surface area contributed by atoms with Crippen molar-refractivity contribution in [2.75, 3.05) is 13.7 Å². The summed E-state index contributed by atoms with van der Waals surface area (Å²) in [6, 6.07) is 6.89. The molecule has 1 aromatic heterocycles. The molecule has 6 nitrogen and oxygen atoms in total. The third kappa shape index (κ3) is 3.96. The largest absolute Gasteiger partial charge is 0.383 e. The van der Waals surface area contributed by atoms with E-state index in [1.165, 1.54) is 0 Å². The number of fused-ring (bicyclic) bond motifs is 1. The van der Waals surface area contributed by atoms with Crippen LogP contribution in [-0.2, 0) is 16.1 Å². The van der Waals surface area contributed by atoms with Gasteiger partial charge in [-0.15, -0.1) is 0 Å². The van der Waals surface area contributed by atoms with Crippen molar-refractivity contribution in [3.8, 4) is 0 Å². The van der Waals surface area contributed by atoms with Gasteiger partial charge in [0.1, 0.15) is 5.82 Å². The molecule has 0 aliphatic heterocycles. The molecule has 124 valence electrons. The molecule has 6 heteroatoms. The molecular formula is C17H23N3O3. The third-order valence-electron chi connectivity index (χ3n) is 3.65. The van der Waals surface area contributed by atoms with Crippen LogP contribution < -0.4 is 10.9 Å². The molecule has 0 aliphatic rings. The highest BCUT2D eigenvalue weighted by Gasteiger charge is 2.17. The lowest BCUT2D eigenvalue weighted by molar-refractivity contribution is -0.121. The summed E-state index contributed by atoms with van der Waals surface area (Å²) >= 11 is 0. The van der Waals surface area contributed by atoms with Crippen molar-refractivity contribution in [2.24, 2.45) is 0 Å². The van der Waals surface area contributed by atoms with Crippen molar-refractivity contribution < 1.29 is 9.53 Å². The molecule has 0 bridgehead atoms. The number of carbonyl (C=O) groups is 1. The topological polar surface area (TPSA) is 73.2 Å². The zero-order valence-corrected chi connectivity index (χ0v) is 13.8. The van der Waals surface area contributed by atoms with Crippen LogP contribution in [0.1, 0.15) is 38.6 Å². The van der Waals surface area contributed by atoms with Gasteiger partial charge < -0.3 is 10.1 Å². The second-order valence-corrected chi connectivity index (χ2v) is 5.48. The van der Waals surface area contributed by atoms with Crippen molar-refractivity contribution >= 4 is 16.8 Å². The quantitative estimate of drug-likeness (QED) is 0.848. The van der Waals surface area contributed by atoms with Crippen molar-refractivity contribution in [2.45, 2.75) is 39.3 Å². The van der Waals surface area contributed by atoms with Crippen molar-refractivity contribution in [1.29, 1.82) is 0 Å². The van der Waals surface area contributed by atoms with E-state index in [9.17, 15) is 9.59 Å². The Labute approximate surface area is 135 Å². The lowest BCUT2D eigenvalue weighted by Crippen LogP contribution is -2.34. The normalized spacial score (nSPS) is 12.3. The minimum atomic E-state index is -0.344. The van der Waals surface area contributed by atoms with Gasteiger partial charge in [-0.05, 0) is 25.5 Å². The number of nitrogens with zero attached hydrogens (tertiary/aromatic N) is 2. The first-order chi connectivity index (χ1) is 11.1. The summed E-state index contributed by atoms with van der Waals surface area (Å²) in [6.07, 6.45) is 1.24. The number of hydrogen-bond acceptors (Lipinski definition) is 4. The first-order valence-electron chi connectivity index (χ1n) is 7.86. The molecule has 0 fully saturated rings. The standard InChI is InChI=1S/C17H23N3O3/c1-4-7-15(21)18-12(2)16-19-14-9-6-5-8-13(14)17(22)20(16)10-11-23-3/h5-6,8-9,12H,4,7,10-11H2,1-3H3,(H,18,21)/t12-/m1/s1. The van der Waals surface area contributed by atoms with E-state index in [-0.39, 0.29) is 17.5 Å². The lowest BCUT2D eigenvalue weighted by Gasteiger charge is -2.19. The number of hydrogen-bond donors (Lipinski definition) is 1. The number of methoxy groups -OCH3 is 1. The average molecular weight is 317 g/mol. The summed E-state index contributed by atoms with van der Waals surface area (Å²) in [4.78, 5) is 29.2. The first kappa shape index (κ1) is 17.1. The predicted molar refractivity (Wildman–Crippen MR) is 89.3 cm³/mol. The number of amides is 1. The average Bonchev–Trinajstić information content (AvgIpc) is 2.54. The number of benzene rings is 1. The maximum absolute atomic E-state index is 12.7. The Morgan fingerprint density at radius 1 is 1.39 bits per heavy atom. The lowest BCUT2D eigenvalue weighted by atomic mass is 10.2. The molecule has 1 heterocycles. The molecule has 0 saturated carbocycles. The van der Waals surface area contributed by atoms with Gasteiger partial charge in [0.2, 0.25) is 5.91 Å². The van der Waals surface area contributed by atoms with Gasteiger partial charge in [-0.1, -0.05) is 19.1 Å². The van der Waals surface area contributed by atoms with Crippen molar-refractivity contribution in [3.63, 3.8) is 0 Å².